The van der Waals surface area contributed by atoms with Gasteiger partial charge in [0.1, 0.15) is 5.69 Å². The predicted octanol–water partition coefficient (Wildman–Crippen LogP) is 5.23. The van der Waals surface area contributed by atoms with E-state index in [0.29, 0.717) is 11.7 Å². The minimum absolute atomic E-state index is 0.193. The molecule has 1 amide bonds. The number of aromatic nitrogens is 1. The number of carbonyl (C=O) groups excluding carboxylic acids is 1. The minimum Gasteiger partial charge on any atom is -0.382 e. The van der Waals surface area contributed by atoms with Gasteiger partial charge in [-0.2, -0.15) is 0 Å². The summed E-state index contributed by atoms with van der Waals surface area (Å²) < 4.78 is 0.980. The molecule has 0 aliphatic heterocycles. The highest BCUT2D eigenvalue weighted by Gasteiger charge is 2.13. The third-order valence-corrected chi connectivity index (χ3v) is 4.85. The Bertz CT molecular complexity index is 679. The van der Waals surface area contributed by atoms with E-state index in [-0.39, 0.29) is 5.91 Å². The lowest BCUT2D eigenvalue weighted by Crippen LogP contribution is -2.19. The Morgan fingerprint density at radius 1 is 1.00 bits per heavy atom. The van der Waals surface area contributed by atoms with Crippen molar-refractivity contribution in [3.8, 4) is 0 Å². The van der Waals surface area contributed by atoms with E-state index in [1.54, 1.807) is 6.20 Å². The van der Waals surface area contributed by atoms with Crippen LogP contribution >= 0.6 is 15.9 Å². The monoisotopic (exact) mass is 387 g/mol. The van der Waals surface area contributed by atoms with Gasteiger partial charge in [-0.15, -0.1) is 0 Å². The number of hydrogen-bond acceptors (Lipinski definition) is 3. The first-order valence-electron chi connectivity index (χ1n) is 8.50. The molecule has 1 saturated carbocycles. The number of pyridine rings is 1. The SMILES string of the molecule is O=C(Nc1ccc(Br)cc1)c1cc(NC2CCCCCC2)ccn1. The first-order valence-corrected chi connectivity index (χ1v) is 9.29. The van der Waals surface area contributed by atoms with Crippen LogP contribution in [0.3, 0.4) is 0 Å². The molecule has 0 atom stereocenters. The van der Waals surface area contributed by atoms with Crippen molar-refractivity contribution >= 4 is 33.2 Å². The van der Waals surface area contributed by atoms with Gasteiger partial charge in [0, 0.05) is 28.1 Å². The molecule has 0 unspecified atom stereocenters. The highest BCUT2D eigenvalue weighted by atomic mass is 79.9. The van der Waals surface area contributed by atoms with E-state index < -0.39 is 0 Å². The van der Waals surface area contributed by atoms with E-state index in [0.717, 1.165) is 15.8 Å². The second kappa shape index (κ2) is 8.29. The number of hydrogen-bond donors (Lipinski definition) is 2. The lowest BCUT2D eigenvalue weighted by atomic mass is 10.1. The van der Waals surface area contributed by atoms with Gasteiger partial charge in [0.25, 0.3) is 5.91 Å². The van der Waals surface area contributed by atoms with Gasteiger partial charge in [-0.25, -0.2) is 0 Å². The van der Waals surface area contributed by atoms with Crippen molar-refractivity contribution in [1.29, 1.82) is 0 Å². The second-order valence-electron chi connectivity index (χ2n) is 6.22. The lowest BCUT2D eigenvalue weighted by molar-refractivity contribution is 0.102. The van der Waals surface area contributed by atoms with E-state index >= 15 is 0 Å². The normalized spacial score (nSPS) is 15.5. The van der Waals surface area contributed by atoms with Gasteiger partial charge in [0.05, 0.1) is 0 Å². The van der Waals surface area contributed by atoms with Gasteiger partial charge in [-0.05, 0) is 49.2 Å². The summed E-state index contributed by atoms with van der Waals surface area (Å²) in [6.45, 7) is 0. The molecule has 1 heterocycles. The summed E-state index contributed by atoms with van der Waals surface area (Å²) in [4.78, 5) is 16.6. The number of nitrogens with zero attached hydrogens (tertiary/aromatic N) is 1. The Morgan fingerprint density at radius 2 is 1.71 bits per heavy atom. The van der Waals surface area contributed by atoms with Crippen molar-refractivity contribution in [3.05, 3.63) is 52.8 Å². The molecule has 4 nitrogen and oxygen atoms in total. The number of halogens is 1. The number of nitrogens with one attached hydrogen (secondary N) is 2. The van der Waals surface area contributed by atoms with Crippen LogP contribution in [0, 0.1) is 0 Å². The van der Waals surface area contributed by atoms with Gasteiger partial charge >= 0.3 is 0 Å². The van der Waals surface area contributed by atoms with Gasteiger partial charge in [0.15, 0.2) is 0 Å². The largest absolute Gasteiger partial charge is 0.382 e. The Labute approximate surface area is 151 Å². The van der Waals surface area contributed by atoms with Crippen LogP contribution in [-0.4, -0.2) is 16.9 Å². The van der Waals surface area contributed by atoms with Crippen LogP contribution in [0.25, 0.3) is 0 Å². The zero-order valence-corrected chi connectivity index (χ0v) is 15.2. The Hall–Kier alpha value is -1.88. The van der Waals surface area contributed by atoms with Crippen LogP contribution in [0.4, 0.5) is 11.4 Å². The molecule has 2 N–H and O–H groups in total. The van der Waals surface area contributed by atoms with Gasteiger partial charge in [-0.3, -0.25) is 9.78 Å². The molecule has 2 aromatic rings. The molecule has 1 aromatic heterocycles. The summed E-state index contributed by atoms with van der Waals surface area (Å²) in [7, 11) is 0. The summed E-state index contributed by atoms with van der Waals surface area (Å²) in [6, 6.07) is 11.8. The Balaban J connectivity index is 1.65. The van der Waals surface area contributed by atoms with Crippen LogP contribution in [0.2, 0.25) is 0 Å². The molecule has 1 aromatic carbocycles. The molecule has 1 aliphatic carbocycles. The van der Waals surface area contributed by atoms with Crippen molar-refractivity contribution in [2.24, 2.45) is 0 Å². The summed E-state index contributed by atoms with van der Waals surface area (Å²) in [5.41, 5.74) is 2.15. The molecule has 1 aliphatic rings. The molecule has 0 spiro atoms. The molecule has 0 bridgehead atoms. The molecule has 0 radical (unpaired) electrons. The predicted molar refractivity (Wildman–Crippen MR) is 101 cm³/mol. The van der Waals surface area contributed by atoms with E-state index in [4.69, 9.17) is 0 Å². The Kier molecular flexibility index (Phi) is 5.86. The van der Waals surface area contributed by atoms with Crippen molar-refractivity contribution in [2.75, 3.05) is 10.6 Å². The van der Waals surface area contributed by atoms with Crippen LogP contribution in [-0.2, 0) is 0 Å². The topological polar surface area (TPSA) is 54.0 Å². The second-order valence-corrected chi connectivity index (χ2v) is 7.14. The maximum Gasteiger partial charge on any atom is 0.274 e. The summed E-state index contributed by atoms with van der Waals surface area (Å²) in [5, 5.41) is 6.44. The quantitative estimate of drug-likeness (QED) is 0.705. The van der Waals surface area contributed by atoms with Crippen molar-refractivity contribution < 1.29 is 4.79 Å². The number of carbonyl (C=O) groups is 1. The van der Waals surface area contributed by atoms with Crippen molar-refractivity contribution in [2.45, 2.75) is 44.6 Å². The van der Waals surface area contributed by atoms with Crippen LogP contribution in [0.1, 0.15) is 49.0 Å². The third kappa shape index (κ3) is 4.81. The molecule has 0 saturated heterocycles. The molecular weight excluding hydrogens is 366 g/mol. The number of rotatable bonds is 4. The molecule has 24 heavy (non-hydrogen) atoms. The maximum atomic E-state index is 12.4. The van der Waals surface area contributed by atoms with Crippen LogP contribution in [0.15, 0.2) is 47.1 Å². The summed E-state index contributed by atoms with van der Waals surface area (Å²) >= 11 is 3.39. The van der Waals surface area contributed by atoms with Crippen LogP contribution in [0.5, 0.6) is 0 Å². The zero-order chi connectivity index (χ0) is 16.8. The highest BCUT2D eigenvalue weighted by molar-refractivity contribution is 9.10. The summed E-state index contributed by atoms with van der Waals surface area (Å²) in [5.74, 6) is -0.193. The van der Waals surface area contributed by atoms with Crippen molar-refractivity contribution in [3.63, 3.8) is 0 Å². The highest BCUT2D eigenvalue weighted by Crippen LogP contribution is 2.21. The summed E-state index contributed by atoms with van der Waals surface area (Å²) in [6.07, 6.45) is 9.30. The maximum absolute atomic E-state index is 12.4. The van der Waals surface area contributed by atoms with E-state index in [2.05, 4.69) is 31.5 Å². The number of anilines is 2. The molecular formula is C19H22BrN3O. The first-order chi connectivity index (χ1) is 11.7. The average molecular weight is 388 g/mol. The third-order valence-electron chi connectivity index (χ3n) is 4.32. The molecule has 1 fully saturated rings. The average Bonchev–Trinajstić information content (AvgIpc) is 2.86. The van der Waals surface area contributed by atoms with E-state index in [9.17, 15) is 4.79 Å². The fourth-order valence-corrected chi connectivity index (χ4v) is 3.30. The zero-order valence-electron chi connectivity index (χ0n) is 13.6. The molecule has 3 rings (SSSR count). The fourth-order valence-electron chi connectivity index (χ4n) is 3.03. The van der Waals surface area contributed by atoms with E-state index in [1.165, 1.54) is 38.5 Å². The first kappa shape index (κ1) is 17.0. The van der Waals surface area contributed by atoms with Gasteiger partial charge < -0.3 is 10.6 Å². The lowest BCUT2D eigenvalue weighted by Gasteiger charge is -2.17. The fraction of sp³-hybridized carbons (Fsp3) is 0.368. The number of benzene rings is 1. The number of amides is 1. The standard InChI is InChI=1S/C19H22BrN3O/c20-14-7-9-16(10-8-14)23-19(24)18-13-17(11-12-21-18)22-15-5-3-1-2-4-6-15/h7-13,15H,1-6H2,(H,21,22)(H,23,24). The van der Waals surface area contributed by atoms with Gasteiger partial charge in [0.2, 0.25) is 0 Å². The minimum atomic E-state index is -0.193. The van der Waals surface area contributed by atoms with Crippen molar-refractivity contribution in [1.82, 2.24) is 4.98 Å². The Morgan fingerprint density at radius 3 is 2.42 bits per heavy atom. The molecule has 126 valence electrons. The van der Waals surface area contributed by atoms with Gasteiger partial charge in [-0.1, -0.05) is 41.6 Å². The van der Waals surface area contributed by atoms with Crippen LogP contribution < -0.4 is 10.6 Å². The van der Waals surface area contributed by atoms with E-state index in [1.807, 2.05) is 36.4 Å². The molecule has 5 heteroatoms. The smallest absolute Gasteiger partial charge is 0.274 e.